The maximum atomic E-state index is 5.50. The van der Waals surface area contributed by atoms with Crippen molar-refractivity contribution >= 4 is 27.3 Å². The Labute approximate surface area is 122 Å². The fraction of sp³-hybridized carbons (Fsp3) is 0.154. The summed E-state index contributed by atoms with van der Waals surface area (Å²) >= 11 is 4.91. The van der Waals surface area contributed by atoms with E-state index in [4.69, 9.17) is 8.83 Å². The monoisotopic (exact) mass is 338 g/mol. The van der Waals surface area contributed by atoms with Crippen molar-refractivity contribution < 1.29 is 8.83 Å². The number of hydrogen-bond donors (Lipinski definition) is 1. The summed E-state index contributed by atoms with van der Waals surface area (Å²) in [5.74, 6) is 1.76. The maximum Gasteiger partial charge on any atom is 0.169 e. The number of thiazole rings is 1. The molecule has 6 heteroatoms. The van der Waals surface area contributed by atoms with Gasteiger partial charge in [0.2, 0.25) is 0 Å². The second-order valence-electron chi connectivity index (χ2n) is 3.90. The van der Waals surface area contributed by atoms with Gasteiger partial charge in [0, 0.05) is 12.7 Å². The van der Waals surface area contributed by atoms with Crippen molar-refractivity contribution in [1.82, 2.24) is 10.3 Å². The van der Waals surface area contributed by atoms with E-state index in [1.807, 2.05) is 30.5 Å². The molecule has 3 aromatic heterocycles. The third-order valence-electron chi connectivity index (χ3n) is 2.53. The van der Waals surface area contributed by atoms with E-state index in [1.165, 1.54) is 0 Å². The van der Waals surface area contributed by atoms with Crippen molar-refractivity contribution in [3.05, 3.63) is 52.2 Å². The highest BCUT2D eigenvalue weighted by Crippen LogP contribution is 2.29. The number of nitrogens with one attached hydrogen (secondary N) is 1. The van der Waals surface area contributed by atoms with Crippen LogP contribution in [0.3, 0.4) is 0 Å². The second kappa shape index (κ2) is 5.73. The Kier molecular flexibility index (Phi) is 3.82. The van der Waals surface area contributed by atoms with Crippen molar-refractivity contribution in [1.29, 1.82) is 0 Å². The standard InChI is InChI=1S/C13H11BrN2O2S/c14-12-4-3-10(18-12)11-7-16-13(19-11)8-15-6-9-2-1-5-17-9/h1-5,7,15H,6,8H2. The Morgan fingerprint density at radius 3 is 2.95 bits per heavy atom. The minimum Gasteiger partial charge on any atom is -0.468 e. The van der Waals surface area contributed by atoms with Crippen LogP contribution in [-0.4, -0.2) is 4.98 Å². The zero-order chi connectivity index (χ0) is 13.1. The molecule has 0 radical (unpaired) electrons. The Balaban J connectivity index is 1.59. The van der Waals surface area contributed by atoms with Crippen molar-refractivity contribution in [3.63, 3.8) is 0 Å². The van der Waals surface area contributed by atoms with E-state index < -0.39 is 0 Å². The lowest BCUT2D eigenvalue weighted by atomic mass is 10.4. The van der Waals surface area contributed by atoms with Crippen LogP contribution in [0.15, 0.2) is 50.2 Å². The molecule has 0 aliphatic heterocycles. The van der Waals surface area contributed by atoms with E-state index >= 15 is 0 Å². The molecule has 0 aliphatic rings. The number of furan rings is 2. The molecule has 0 bridgehead atoms. The molecule has 0 spiro atoms. The highest BCUT2D eigenvalue weighted by atomic mass is 79.9. The van der Waals surface area contributed by atoms with E-state index in [9.17, 15) is 0 Å². The van der Waals surface area contributed by atoms with Gasteiger partial charge in [0.15, 0.2) is 4.67 Å². The highest BCUT2D eigenvalue weighted by Gasteiger charge is 2.08. The molecular formula is C13H11BrN2O2S. The molecule has 0 atom stereocenters. The van der Waals surface area contributed by atoms with Crippen molar-refractivity contribution in [2.75, 3.05) is 0 Å². The lowest BCUT2D eigenvalue weighted by molar-refractivity contribution is 0.483. The zero-order valence-electron chi connectivity index (χ0n) is 9.93. The van der Waals surface area contributed by atoms with E-state index in [0.717, 1.165) is 26.1 Å². The summed E-state index contributed by atoms with van der Waals surface area (Å²) in [4.78, 5) is 5.40. The average Bonchev–Trinajstić information content (AvgIpc) is 3.09. The maximum absolute atomic E-state index is 5.50. The summed E-state index contributed by atoms with van der Waals surface area (Å²) in [6.07, 6.45) is 3.51. The number of hydrogen-bond acceptors (Lipinski definition) is 5. The Morgan fingerprint density at radius 2 is 2.21 bits per heavy atom. The van der Waals surface area contributed by atoms with Crippen molar-refractivity contribution in [2.45, 2.75) is 13.1 Å². The SMILES string of the molecule is Brc1ccc(-c2cnc(CNCc3ccco3)s2)o1. The van der Waals surface area contributed by atoms with Gasteiger partial charge < -0.3 is 14.2 Å². The van der Waals surface area contributed by atoms with Crippen LogP contribution in [0.5, 0.6) is 0 Å². The molecule has 4 nitrogen and oxygen atoms in total. The summed E-state index contributed by atoms with van der Waals surface area (Å²) in [5.41, 5.74) is 0. The van der Waals surface area contributed by atoms with Crippen LogP contribution in [0.1, 0.15) is 10.8 Å². The molecule has 0 unspecified atom stereocenters. The van der Waals surface area contributed by atoms with Gasteiger partial charge in [0.25, 0.3) is 0 Å². The molecule has 0 aliphatic carbocycles. The fourth-order valence-corrected chi connectivity index (χ4v) is 2.81. The molecule has 98 valence electrons. The molecule has 0 fully saturated rings. The molecule has 0 amide bonds. The van der Waals surface area contributed by atoms with Crippen LogP contribution < -0.4 is 5.32 Å². The Morgan fingerprint density at radius 1 is 1.26 bits per heavy atom. The van der Waals surface area contributed by atoms with Gasteiger partial charge in [-0.05, 0) is 40.2 Å². The predicted molar refractivity (Wildman–Crippen MR) is 76.8 cm³/mol. The second-order valence-corrected chi connectivity index (χ2v) is 5.80. The average molecular weight is 339 g/mol. The van der Waals surface area contributed by atoms with Gasteiger partial charge >= 0.3 is 0 Å². The van der Waals surface area contributed by atoms with E-state index in [0.29, 0.717) is 13.1 Å². The molecule has 3 heterocycles. The lowest BCUT2D eigenvalue weighted by Crippen LogP contribution is -2.11. The topological polar surface area (TPSA) is 51.2 Å². The molecule has 0 saturated heterocycles. The van der Waals surface area contributed by atoms with Crippen LogP contribution in [0.25, 0.3) is 10.6 Å². The van der Waals surface area contributed by atoms with E-state index in [2.05, 4.69) is 26.2 Å². The van der Waals surface area contributed by atoms with Crippen LogP contribution in [0.2, 0.25) is 0 Å². The van der Waals surface area contributed by atoms with E-state index in [1.54, 1.807) is 17.6 Å². The largest absolute Gasteiger partial charge is 0.468 e. The van der Waals surface area contributed by atoms with Gasteiger partial charge in [-0.15, -0.1) is 11.3 Å². The first-order valence-corrected chi connectivity index (χ1v) is 7.36. The van der Waals surface area contributed by atoms with Gasteiger partial charge in [-0.25, -0.2) is 4.98 Å². The quantitative estimate of drug-likeness (QED) is 0.762. The summed E-state index contributed by atoms with van der Waals surface area (Å²) in [6, 6.07) is 7.63. The van der Waals surface area contributed by atoms with Crippen molar-refractivity contribution in [2.24, 2.45) is 0 Å². The normalized spacial score (nSPS) is 11.0. The first-order valence-electron chi connectivity index (χ1n) is 5.75. The fourth-order valence-electron chi connectivity index (χ4n) is 1.66. The summed E-state index contributed by atoms with van der Waals surface area (Å²) in [7, 11) is 0. The van der Waals surface area contributed by atoms with Crippen LogP contribution in [-0.2, 0) is 13.1 Å². The lowest BCUT2D eigenvalue weighted by Gasteiger charge is -1.98. The molecule has 3 aromatic rings. The Bertz CT molecular complexity index is 645. The summed E-state index contributed by atoms with van der Waals surface area (Å²) in [5, 5.41) is 4.31. The highest BCUT2D eigenvalue weighted by molar-refractivity contribution is 9.10. The van der Waals surface area contributed by atoms with Gasteiger partial charge in [-0.3, -0.25) is 0 Å². The molecule has 0 aromatic carbocycles. The number of rotatable bonds is 5. The summed E-state index contributed by atoms with van der Waals surface area (Å²) in [6.45, 7) is 1.42. The van der Waals surface area contributed by atoms with Crippen LogP contribution >= 0.6 is 27.3 Å². The molecule has 3 rings (SSSR count). The zero-order valence-corrected chi connectivity index (χ0v) is 12.3. The Hall–Kier alpha value is -1.37. The van der Waals surface area contributed by atoms with Crippen LogP contribution in [0, 0.1) is 0 Å². The smallest absolute Gasteiger partial charge is 0.169 e. The summed E-state index contributed by atoms with van der Waals surface area (Å²) < 4.78 is 11.5. The minimum absolute atomic E-state index is 0.703. The van der Waals surface area contributed by atoms with Gasteiger partial charge in [0.1, 0.15) is 16.5 Å². The van der Waals surface area contributed by atoms with Crippen molar-refractivity contribution in [3.8, 4) is 10.6 Å². The minimum atomic E-state index is 0.703. The molecular weight excluding hydrogens is 328 g/mol. The first kappa shape index (κ1) is 12.7. The molecule has 0 saturated carbocycles. The van der Waals surface area contributed by atoms with Gasteiger partial charge in [-0.2, -0.15) is 0 Å². The number of aromatic nitrogens is 1. The third-order valence-corrected chi connectivity index (χ3v) is 3.96. The van der Waals surface area contributed by atoms with Crippen LogP contribution in [0.4, 0.5) is 0 Å². The van der Waals surface area contributed by atoms with Gasteiger partial charge in [0.05, 0.1) is 17.7 Å². The first-order chi connectivity index (χ1) is 9.31. The third kappa shape index (κ3) is 3.15. The molecule has 19 heavy (non-hydrogen) atoms. The number of nitrogens with zero attached hydrogens (tertiary/aromatic N) is 1. The predicted octanol–water partition coefficient (Wildman–Crippen LogP) is 4.05. The van der Waals surface area contributed by atoms with Gasteiger partial charge in [-0.1, -0.05) is 0 Å². The molecule has 1 N–H and O–H groups in total. The number of halogens is 1. The van der Waals surface area contributed by atoms with E-state index in [-0.39, 0.29) is 0 Å².